The van der Waals surface area contributed by atoms with Crippen LogP contribution in [0, 0.1) is 11.8 Å². The molecule has 0 atom stereocenters. The van der Waals surface area contributed by atoms with Gasteiger partial charge in [0.05, 0.1) is 11.8 Å². The van der Waals surface area contributed by atoms with E-state index in [4.69, 9.17) is 9.47 Å². The number of esters is 2. The largest absolute Gasteiger partial charge is 0.426 e. The summed E-state index contributed by atoms with van der Waals surface area (Å²) in [7, 11) is 8.15. The lowest BCUT2D eigenvalue weighted by Crippen LogP contribution is -2.39. The van der Waals surface area contributed by atoms with Crippen molar-refractivity contribution in [1.82, 2.24) is 19.8 Å². The van der Waals surface area contributed by atoms with E-state index in [1.54, 1.807) is 0 Å². The number of fused-ring (bicyclic) bond motifs is 2. The number of carbonyl (C=O) groups is 2. The van der Waals surface area contributed by atoms with Crippen molar-refractivity contribution in [2.45, 2.75) is 25.7 Å². The quantitative estimate of drug-likeness (QED) is 0.240. The maximum Gasteiger partial charge on any atom is 0.314 e. The minimum absolute atomic E-state index is 0.292. The van der Waals surface area contributed by atoms with Crippen molar-refractivity contribution < 1.29 is 19.1 Å². The van der Waals surface area contributed by atoms with Crippen LogP contribution in [0.2, 0.25) is 0 Å². The van der Waals surface area contributed by atoms with E-state index in [0.29, 0.717) is 24.3 Å². The van der Waals surface area contributed by atoms with E-state index in [2.05, 4.69) is 19.8 Å². The maximum atomic E-state index is 13.0. The first kappa shape index (κ1) is 26.0. The first-order chi connectivity index (χ1) is 18.3. The molecule has 0 saturated heterocycles. The van der Waals surface area contributed by atoms with E-state index >= 15 is 0 Å². The van der Waals surface area contributed by atoms with Gasteiger partial charge in [-0.3, -0.25) is 9.59 Å². The summed E-state index contributed by atoms with van der Waals surface area (Å²) < 4.78 is 11.7. The molecule has 2 aromatic carbocycles. The Morgan fingerprint density at radius 2 is 1.16 bits per heavy atom. The van der Waals surface area contributed by atoms with Gasteiger partial charge in [0.15, 0.2) is 0 Å². The molecule has 4 aromatic rings. The molecule has 0 bridgehead atoms. The van der Waals surface area contributed by atoms with E-state index in [1.165, 1.54) is 0 Å². The molecule has 0 amide bonds. The van der Waals surface area contributed by atoms with Crippen LogP contribution in [-0.4, -0.2) is 73.0 Å². The molecule has 0 radical (unpaired) electrons. The summed E-state index contributed by atoms with van der Waals surface area (Å²) in [6.45, 7) is 1.80. The van der Waals surface area contributed by atoms with Gasteiger partial charge in [0.1, 0.15) is 11.5 Å². The first-order valence-electron chi connectivity index (χ1n) is 13.2. The number of benzene rings is 2. The molecule has 200 valence electrons. The molecule has 2 aromatic heterocycles. The van der Waals surface area contributed by atoms with Gasteiger partial charge in [0.25, 0.3) is 0 Å². The number of nitrogens with zero attached hydrogens (tertiary/aromatic N) is 2. The summed E-state index contributed by atoms with van der Waals surface area (Å²) in [5.74, 6) is -0.0766. The third-order valence-corrected chi connectivity index (χ3v) is 7.38. The highest BCUT2D eigenvalue weighted by atomic mass is 16.5. The van der Waals surface area contributed by atoms with Gasteiger partial charge in [-0.2, -0.15) is 0 Å². The zero-order valence-corrected chi connectivity index (χ0v) is 22.5. The number of hydrogen-bond donors (Lipinski definition) is 2. The monoisotopic (exact) mass is 516 g/mol. The van der Waals surface area contributed by atoms with Gasteiger partial charge < -0.3 is 29.2 Å². The molecule has 1 aliphatic carbocycles. The van der Waals surface area contributed by atoms with Gasteiger partial charge >= 0.3 is 11.9 Å². The standard InChI is InChI=1S/C30H36N4O4/c1-33(2)13-11-19-17-31-23-7-5-9-25(27(19)23)37-29(35)21-15-22(16-21)30(36)38-26-10-6-8-24-28(26)20(18-32-24)12-14-34(3)4/h5-10,17-18,21-22,31-32H,11-16H2,1-4H3. The second-order valence-corrected chi connectivity index (χ2v) is 10.8. The number of aromatic nitrogens is 2. The molecule has 0 aliphatic heterocycles. The van der Waals surface area contributed by atoms with Gasteiger partial charge in [0, 0.05) is 47.3 Å². The number of carbonyl (C=O) groups excluding carboxylic acids is 2. The van der Waals surface area contributed by atoms with Crippen LogP contribution in [0.5, 0.6) is 11.5 Å². The van der Waals surface area contributed by atoms with E-state index in [-0.39, 0.29) is 23.8 Å². The fourth-order valence-electron chi connectivity index (χ4n) is 5.08. The number of rotatable bonds is 10. The van der Waals surface area contributed by atoms with Crippen LogP contribution in [-0.2, 0) is 22.4 Å². The van der Waals surface area contributed by atoms with Crippen molar-refractivity contribution in [3.8, 4) is 11.5 Å². The van der Waals surface area contributed by atoms with Crippen molar-refractivity contribution in [3.63, 3.8) is 0 Å². The summed E-state index contributed by atoms with van der Waals surface area (Å²) in [4.78, 5) is 36.8. The van der Waals surface area contributed by atoms with Crippen molar-refractivity contribution in [2.75, 3.05) is 41.3 Å². The lowest BCUT2D eigenvalue weighted by Gasteiger charge is -2.31. The first-order valence-corrected chi connectivity index (χ1v) is 13.2. The lowest BCUT2D eigenvalue weighted by molar-refractivity contribution is -0.151. The predicted octanol–water partition coefficient (Wildman–Crippen LogP) is 4.39. The minimum atomic E-state index is -0.314. The molecule has 1 saturated carbocycles. The van der Waals surface area contributed by atoms with Crippen LogP contribution >= 0.6 is 0 Å². The molecular weight excluding hydrogens is 480 g/mol. The zero-order chi connectivity index (χ0) is 26.8. The molecule has 8 nitrogen and oxygen atoms in total. The molecule has 8 heteroatoms. The number of hydrogen-bond acceptors (Lipinski definition) is 6. The third-order valence-electron chi connectivity index (χ3n) is 7.38. The number of aromatic amines is 2. The SMILES string of the molecule is CN(C)CCc1c[nH]c2cccc(OC(=O)C3CC(C(=O)Oc4cccc5[nH]cc(CCN(C)C)c45)C3)c12. The van der Waals surface area contributed by atoms with E-state index in [0.717, 1.165) is 58.9 Å². The Morgan fingerprint density at radius 1 is 0.737 bits per heavy atom. The van der Waals surface area contributed by atoms with Crippen LogP contribution in [0.3, 0.4) is 0 Å². The van der Waals surface area contributed by atoms with Crippen LogP contribution in [0.25, 0.3) is 21.8 Å². The zero-order valence-electron chi connectivity index (χ0n) is 22.5. The summed E-state index contributed by atoms with van der Waals surface area (Å²) >= 11 is 0. The summed E-state index contributed by atoms with van der Waals surface area (Å²) in [6, 6.07) is 11.4. The summed E-state index contributed by atoms with van der Waals surface area (Å²) in [5.41, 5.74) is 4.14. The number of nitrogens with one attached hydrogen (secondary N) is 2. The van der Waals surface area contributed by atoms with Crippen LogP contribution < -0.4 is 9.47 Å². The molecule has 5 rings (SSSR count). The van der Waals surface area contributed by atoms with E-state index < -0.39 is 0 Å². The smallest absolute Gasteiger partial charge is 0.314 e. The van der Waals surface area contributed by atoms with Crippen LogP contribution in [0.4, 0.5) is 0 Å². The predicted molar refractivity (Wildman–Crippen MR) is 149 cm³/mol. The van der Waals surface area contributed by atoms with Crippen molar-refractivity contribution >= 4 is 33.7 Å². The number of ether oxygens (including phenoxy) is 2. The topological polar surface area (TPSA) is 90.7 Å². The van der Waals surface area contributed by atoms with Gasteiger partial charge in [-0.05, 0) is 89.3 Å². The molecule has 0 spiro atoms. The van der Waals surface area contributed by atoms with Crippen LogP contribution in [0.15, 0.2) is 48.8 Å². The average Bonchev–Trinajstić information content (AvgIpc) is 3.45. The second-order valence-electron chi connectivity index (χ2n) is 10.8. The van der Waals surface area contributed by atoms with Crippen molar-refractivity contribution in [2.24, 2.45) is 11.8 Å². The Morgan fingerprint density at radius 3 is 1.55 bits per heavy atom. The fraction of sp³-hybridized carbons (Fsp3) is 0.400. The molecule has 1 fully saturated rings. The Labute approximate surface area is 222 Å². The Balaban J connectivity index is 1.21. The van der Waals surface area contributed by atoms with E-state index in [9.17, 15) is 9.59 Å². The highest BCUT2D eigenvalue weighted by molar-refractivity contribution is 5.93. The average molecular weight is 517 g/mol. The normalized spacial score (nSPS) is 17.3. The Bertz CT molecular complexity index is 1340. The van der Waals surface area contributed by atoms with Crippen LogP contribution in [0.1, 0.15) is 24.0 Å². The maximum absolute atomic E-state index is 13.0. The Hall–Kier alpha value is -3.62. The highest BCUT2D eigenvalue weighted by Crippen LogP contribution is 2.38. The highest BCUT2D eigenvalue weighted by Gasteiger charge is 2.41. The second kappa shape index (κ2) is 11.0. The number of H-pyrrole nitrogens is 2. The van der Waals surface area contributed by atoms with Crippen molar-refractivity contribution in [3.05, 3.63) is 59.9 Å². The van der Waals surface area contributed by atoms with Crippen molar-refractivity contribution in [1.29, 1.82) is 0 Å². The molecular formula is C30H36N4O4. The fourth-order valence-corrected chi connectivity index (χ4v) is 5.08. The number of likely N-dealkylation sites (N-methyl/N-ethyl adjacent to an activating group) is 2. The summed E-state index contributed by atoms with van der Waals surface area (Å²) in [5, 5.41) is 1.89. The minimum Gasteiger partial charge on any atom is -0.426 e. The molecule has 2 N–H and O–H groups in total. The molecule has 2 heterocycles. The van der Waals surface area contributed by atoms with E-state index in [1.807, 2.05) is 77.0 Å². The lowest BCUT2D eigenvalue weighted by atomic mass is 9.75. The molecule has 0 unspecified atom stereocenters. The van der Waals surface area contributed by atoms with Gasteiger partial charge in [-0.15, -0.1) is 0 Å². The van der Waals surface area contributed by atoms with Gasteiger partial charge in [-0.25, -0.2) is 0 Å². The summed E-state index contributed by atoms with van der Waals surface area (Å²) in [6.07, 6.45) is 6.54. The Kier molecular flexibility index (Phi) is 7.53. The third kappa shape index (κ3) is 5.47. The van der Waals surface area contributed by atoms with Gasteiger partial charge in [0.2, 0.25) is 0 Å². The molecule has 38 heavy (non-hydrogen) atoms. The van der Waals surface area contributed by atoms with Gasteiger partial charge in [-0.1, -0.05) is 12.1 Å². The molecule has 1 aliphatic rings.